The standard InChI is InChI=1S/C12H17NO/c13-9-12(7-11(14)8-12)6-10-4-2-1-3-5-10/h1-5,11,14H,6-9,13H2. The Morgan fingerprint density at radius 2 is 1.93 bits per heavy atom. The predicted octanol–water partition coefficient (Wildman–Crippen LogP) is 1.33. The van der Waals surface area contributed by atoms with Gasteiger partial charge in [-0.2, -0.15) is 0 Å². The van der Waals surface area contributed by atoms with Gasteiger partial charge in [0.1, 0.15) is 0 Å². The quantitative estimate of drug-likeness (QED) is 0.757. The van der Waals surface area contributed by atoms with Gasteiger partial charge in [-0.3, -0.25) is 0 Å². The second kappa shape index (κ2) is 3.71. The van der Waals surface area contributed by atoms with Crippen molar-refractivity contribution in [3.05, 3.63) is 35.9 Å². The lowest BCUT2D eigenvalue weighted by Crippen LogP contribution is -2.47. The molecule has 0 aromatic heterocycles. The van der Waals surface area contributed by atoms with Crippen molar-refractivity contribution >= 4 is 0 Å². The van der Waals surface area contributed by atoms with E-state index in [0.29, 0.717) is 6.54 Å². The van der Waals surface area contributed by atoms with Crippen LogP contribution < -0.4 is 5.73 Å². The van der Waals surface area contributed by atoms with E-state index in [9.17, 15) is 5.11 Å². The van der Waals surface area contributed by atoms with Gasteiger partial charge in [0.2, 0.25) is 0 Å². The van der Waals surface area contributed by atoms with E-state index in [0.717, 1.165) is 19.3 Å². The average Bonchev–Trinajstić information content (AvgIpc) is 2.16. The Hall–Kier alpha value is -0.860. The maximum absolute atomic E-state index is 9.34. The van der Waals surface area contributed by atoms with Gasteiger partial charge in [0.25, 0.3) is 0 Å². The summed E-state index contributed by atoms with van der Waals surface area (Å²) in [4.78, 5) is 0. The largest absolute Gasteiger partial charge is 0.393 e. The van der Waals surface area contributed by atoms with Gasteiger partial charge in [0.15, 0.2) is 0 Å². The van der Waals surface area contributed by atoms with Gasteiger partial charge < -0.3 is 10.8 Å². The molecule has 2 heteroatoms. The minimum absolute atomic E-state index is 0.123. The average molecular weight is 191 g/mol. The number of benzene rings is 1. The second-order valence-electron chi connectivity index (χ2n) is 4.43. The highest BCUT2D eigenvalue weighted by Gasteiger charge is 2.42. The summed E-state index contributed by atoms with van der Waals surface area (Å²) in [7, 11) is 0. The van der Waals surface area contributed by atoms with Crippen LogP contribution in [0.25, 0.3) is 0 Å². The summed E-state index contributed by atoms with van der Waals surface area (Å²) in [6, 6.07) is 10.4. The molecule has 0 amide bonds. The third-order valence-electron chi connectivity index (χ3n) is 3.19. The van der Waals surface area contributed by atoms with Crippen LogP contribution in [0.15, 0.2) is 30.3 Å². The zero-order valence-electron chi connectivity index (χ0n) is 8.32. The second-order valence-corrected chi connectivity index (χ2v) is 4.43. The van der Waals surface area contributed by atoms with Crippen LogP contribution in [0.3, 0.4) is 0 Å². The lowest BCUT2D eigenvalue weighted by molar-refractivity contribution is -0.0259. The number of hydrogen-bond acceptors (Lipinski definition) is 2. The predicted molar refractivity (Wildman–Crippen MR) is 56.9 cm³/mol. The third-order valence-corrected chi connectivity index (χ3v) is 3.19. The summed E-state index contributed by atoms with van der Waals surface area (Å²) in [5.74, 6) is 0. The Morgan fingerprint density at radius 3 is 2.43 bits per heavy atom. The molecule has 1 aliphatic carbocycles. The van der Waals surface area contributed by atoms with Crippen molar-refractivity contribution in [1.29, 1.82) is 0 Å². The van der Waals surface area contributed by atoms with Gasteiger partial charge in [-0.25, -0.2) is 0 Å². The molecular weight excluding hydrogens is 174 g/mol. The normalized spacial score (nSPS) is 31.1. The molecule has 1 aromatic rings. The Morgan fingerprint density at radius 1 is 1.29 bits per heavy atom. The summed E-state index contributed by atoms with van der Waals surface area (Å²) < 4.78 is 0. The van der Waals surface area contributed by atoms with Gasteiger partial charge in [0.05, 0.1) is 6.10 Å². The Balaban J connectivity index is 2.03. The molecule has 1 saturated carbocycles. The molecule has 2 rings (SSSR count). The van der Waals surface area contributed by atoms with Crippen LogP contribution in [0, 0.1) is 5.41 Å². The SMILES string of the molecule is NCC1(Cc2ccccc2)CC(O)C1. The summed E-state index contributed by atoms with van der Waals surface area (Å²) >= 11 is 0. The van der Waals surface area contributed by atoms with E-state index in [1.54, 1.807) is 0 Å². The Bertz CT molecular complexity index is 290. The molecule has 0 spiro atoms. The number of hydrogen-bond donors (Lipinski definition) is 2. The summed E-state index contributed by atoms with van der Waals surface area (Å²) in [5, 5.41) is 9.34. The molecule has 0 bridgehead atoms. The van der Waals surface area contributed by atoms with Crippen LogP contribution in [0.5, 0.6) is 0 Å². The van der Waals surface area contributed by atoms with Crippen LogP contribution >= 0.6 is 0 Å². The maximum Gasteiger partial charge on any atom is 0.0552 e. The summed E-state index contributed by atoms with van der Waals surface area (Å²) in [6.07, 6.45) is 2.60. The fourth-order valence-corrected chi connectivity index (χ4v) is 2.35. The first-order valence-corrected chi connectivity index (χ1v) is 5.16. The molecule has 0 unspecified atom stereocenters. The molecule has 1 fully saturated rings. The van der Waals surface area contributed by atoms with Gasteiger partial charge >= 0.3 is 0 Å². The molecule has 0 saturated heterocycles. The van der Waals surface area contributed by atoms with Gasteiger partial charge in [-0.05, 0) is 36.8 Å². The lowest BCUT2D eigenvalue weighted by atomic mass is 9.64. The summed E-state index contributed by atoms with van der Waals surface area (Å²) in [5.41, 5.74) is 7.26. The Labute approximate surface area is 84.7 Å². The van der Waals surface area contributed by atoms with Gasteiger partial charge in [-0.15, -0.1) is 0 Å². The molecule has 2 nitrogen and oxygen atoms in total. The molecule has 1 aromatic carbocycles. The van der Waals surface area contributed by atoms with Crippen molar-refractivity contribution in [1.82, 2.24) is 0 Å². The van der Waals surface area contributed by atoms with Crippen molar-refractivity contribution < 1.29 is 5.11 Å². The van der Waals surface area contributed by atoms with E-state index < -0.39 is 0 Å². The van der Waals surface area contributed by atoms with E-state index in [4.69, 9.17) is 5.73 Å². The molecule has 0 atom stereocenters. The van der Waals surface area contributed by atoms with Crippen molar-refractivity contribution in [2.24, 2.45) is 11.1 Å². The number of aliphatic hydroxyl groups is 1. The minimum Gasteiger partial charge on any atom is -0.393 e. The highest BCUT2D eigenvalue weighted by molar-refractivity contribution is 5.18. The third kappa shape index (κ3) is 1.81. The zero-order chi connectivity index (χ0) is 10.0. The van der Waals surface area contributed by atoms with Crippen LogP contribution in [-0.2, 0) is 6.42 Å². The maximum atomic E-state index is 9.34. The molecule has 0 aliphatic heterocycles. The molecular formula is C12H17NO. The number of aliphatic hydroxyl groups excluding tert-OH is 1. The molecule has 14 heavy (non-hydrogen) atoms. The molecule has 0 radical (unpaired) electrons. The van der Waals surface area contributed by atoms with E-state index >= 15 is 0 Å². The van der Waals surface area contributed by atoms with Crippen molar-refractivity contribution in [3.63, 3.8) is 0 Å². The van der Waals surface area contributed by atoms with Crippen molar-refractivity contribution in [2.75, 3.05) is 6.54 Å². The van der Waals surface area contributed by atoms with Crippen molar-refractivity contribution in [2.45, 2.75) is 25.4 Å². The number of rotatable bonds is 3. The fraction of sp³-hybridized carbons (Fsp3) is 0.500. The first-order valence-electron chi connectivity index (χ1n) is 5.16. The number of nitrogens with two attached hydrogens (primary N) is 1. The first kappa shape index (κ1) is 9.69. The highest BCUT2D eigenvalue weighted by atomic mass is 16.3. The molecule has 0 heterocycles. The molecule has 1 aliphatic rings. The van der Waals surface area contributed by atoms with Crippen LogP contribution in [0.4, 0.5) is 0 Å². The van der Waals surface area contributed by atoms with Gasteiger partial charge in [-0.1, -0.05) is 30.3 Å². The van der Waals surface area contributed by atoms with Crippen LogP contribution in [-0.4, -0.2) is 17.8 Å². The minimum atomic E-state index is -0.123. The topological polar surface area (TPSA) is 46.2 Å². The van der Waals surface area contributed by atoms with E-state index in [1.807, 2.05) is 6.07 Å². The fourth-order valence-electron chi connectivity index (χ4n) is 2.35. The summed E-state index contributed by atoms with van der Waals surface area (Å²) in [6.45, 7) is 0.680. The molecule has 76 valence electrons. The lowest BCUT2D eigenvalue weighted by Gasteiger charge is -2.45. The van der Waals surface area contributed by atoms with E-state index in [-0.39, 0.29) is 11.5 Å². The molecule has 3 N–H and O–H groups in total. The smallest absolute Gasteiger partial charge is 0.0552 e. The van der Waals surface area contributed by atoms with E-state index in [1.165, 1.54) is 5.56 Å². The highest BCUT2D eigenvalue weighted by Crippen LogP contribution is 2.42. The first-order chi connectivity index (χ1) is 6.74. The van der Waals surface area contributed by atoms with Crippen LogP contribution in [0.2, 0.25) is 0 Å². The Kier molecular flexibility index (Phi) is 2.57. The zero-order valence-corrected chi connectivity index (χ0v) is 8.32. The monoisotopic (exact) mass is 191 g/mol. The van der Waals surface area contributed by atoms with E-state index in [2.05, 4.69) is 24.3 Å². The van der Waals surface area contributed by atoms with Crippen molar-refractivity contribution in [3.8, 4) is 0 Å². The van der Waals surface area contributed by atoms with Gasteiger partial charge in [0, 0.05) is 0 Å². The van der Waals surface area contributed by atoms with Crippen LogP contribution in [0.1, 0.15) is 18.4 Å².